The van der Waals surface area contributed by atoms with Crippen LogP contribution in [0.4, 0.5) is 5.69 Å². The molecule has 9 heteroatoms. The molecule has 0 bridgehead atoms. The molecule has 2 N–H and O–H groups in total. The highest BCUT2D eigenvalue weighted by molar-refractivity contribution is 7.80. The number of rotatable bonds is 6. The zero-order chi connectivity index (χ0) is 24.2. The highest BCUT2D eigenvalue weighted by atomic mass is 35.5. The van der Waals surface area contributed by atoms with Gasteiger partial charge in [0.15, 0.2) is 10.7 Å². The first-order valence-corrected chi connectivity index (χ1v) is 11.7. The lowest BCUT2D eigenvalue weighted by Crippen LogP contribution is -2.34. The molecule has 4 aromatic rings. The van der Waals surface area contributed by atoms with Crippen molar-refractivity contribution >= 4 is 63.2 Å². The second kappa shape index (κ2) is 10.4. The molecule has 1 heterocycles. The Hall–Kier alpha value is -3.13. The third kappa shape index (κ3) is 5.50. The van der Waals surface area contributed by atoms with Crippen molar-refractivity contribution in [3.63, 3.8) is 0 Å². The van der Waals surface area contributed by atoms with Crippen LogP contribution in [-0.4, -0.2) is 22.1 Å². The number of nitrogens with one attached hydrogen (secondary N) is 2. The third-order valence-electron chi connectivity index (χ3n) is 5.08. The predicted molar refractivity (Wildman–Crippen MR) is 140 cm³/mol. The number of ether oxygens (including phenoxy) is 1. The molecule has 1 amide bonds. The molecule has 174 valence electrons. The molecule has 3 aromatic carbocycles. The number of hydrogen-bond acceptors (Lipinski definition) is 5. The molecule has 34 heavy (non-hydrogen) atoms. The number of nitrogens with zero attached hydrogens (tertiary/aromatic N) is 1. The molecule has 0 unspecified atom stereocenters. The van der Waals surface area contributed by atoms with Gasteiger partial charge in [-0.1, -0.05) is 36.2 Å². The van der Waals surface area contributed by atoms with Gasteiger partial charge in [0.2, 0.25) is 5.89 Å². The summed E-state index contributed by atoms with van der Waals surface area (Å²) in [7, 11) is 0. The molecule has 0 aliphatic heterocycles. The summed E-state index contributed by atoms with van der Waals surface area (Å²) < 4.78 is 11.6. The number of benzene rings is 3. The normalized spacial score (nSPS) is 11.8. The molecule has 0 saturated carbocycles. The van der Waals surface area contributed by atoms with E-state index in [4.69, 9.17) is 44.6 Å². The highest BCUT2D eigenvalue weighted by Crippen LogP contribution is 2.34. The third-order valence-corrected chi connectivity index (χ3v) is 6.11. The molecular formula is C25H21Cl2N3O3S. The SMILES string of the molecule is CC[C@@H](C)Oc1ccc(C(=O)NC(=S)Nc2ccc3oc(-c4cccc(Cl)c4Cl)nc3c2)cc1. The fourth-order valence-corrected chi connectivity index (χ4v) is 3.72. The average Bonchev–Trinajstić information content (AvgIpc) is 3.24. The van der Waals surface area contributed by atoms with E-state index in [0.717, 1.165) is 6.42 Å². The summed E-state index contributed by atoms with van der Waals surface area (Å²) in [4.78, 5) is 17.0. The Morgan fingerprint density at radius 1 is 1.15 bits per heavy atom. The van der Waals surface area contributed by atoms with Gasteiger partial charge in [-0.05, 0) is 80.2 Å². The Kier molecular flexibility index (Phi) is 7.36. The van der Waals surface area contributed by atoms with Crippen LogP contribution in [-0.2, 0) is 0 Å². The van der Waals surface area contributed by atoms with Crippen molar-refractivity contribution in [3.8, 4) is 17.2 Å². The second-order valence-electron chi connectivity index (χ2n) is 7.57. The fraction of sp³-hybridized carbons (Fsp3) is 0.160. The largest absolute Gasteiger partial charge is 0.491 e. The van der Waals surface area contributed by atoms with Gasteiger partial charge in [0.1, 0.15) is 11.3 Å². The van der Waals surface area contributed by atoms with Crippen molar-refractivity contribution in [2.45, 2.75) is 26.4 Å². The van der Waals surface area contributed by atoms with Gasteiger partial charge >= 0.3 is 0 Å². The number of carbonyl (C=O) groups excluding carboxylic acids is 1. The standard InChI is InChI=1S/C25H21Cl2N3O3S/c1-3-14(2)32-17-10-7-15(8-11-17)23(31)30-25(34)28-16-9-12-21-20(13-16)29-24(33-21)18-5-4-6-19(26)22(18)27/h4-14H,3H2,1-2H3,(H2,28,30,31,34)/t14-/m1/s1. The van der Waals surface area contributed by atoms with Crippen molar-refractivity contribution in [3.05, 3.63) is 76.3 Å². The van der Waals surface area contributed by atoms with E-state index in [0.29, 0.717) is 49.6 Å². The van der Waals surface area contributed by atoms with Gasteiger partial charge in [-0.2, -0.15) is 0 Å². The Bertz CT molecular complexity index is 1360. The number of amides is 1. The molecule has 0 saturated heterocycles. The Morgan fingerprint density at radius 3 is 2.65 bits per heavy atom. The van der Waals surface area contributed by atoms with Crippen molar-refractivity contribution in [2.75, 3.05) is 5.32 Å². The number of oxazole rings is 1. The molecule has 6 nitrogen and oxygen atoms in total. The minimum absolute atomic E-state index is 0.108. The maximum atomic E-state index is 12.5. The highest BCUT2D eigenvalue weighted by Gasteiger charge is 2.15. The van der Waals surface area contributed by atoms with E-state index in [1.54, 1.807) is 60.7 Å². The Balaban J connectivity index is 1.42. The van der Waals surface area contributed by atoms with E-state index in [-0.39, 0.29) is 17.1 Å². The van der Waals surface area contributed by atoms with E-state index < -0.39 is 0 Å². The summed E-state index contributed by atoms with van der Waals surface area (Å²) in [6.07, 6.45) is 1.01. The van der Waals surface area contributed by atoms with Crippen LogP contribution in [0.25, 0.3) is 22.6 Å². The van der Waals surface area contributed by atoms with Crippen LogP contribution < -0.4 is 15.4 Å². The molecule has 1 atom stereocenters. The summed E-state index contributed by atoms with van der Waals surface area (Å²) in [5.41, 5.74) is 2.89. The maximum Gasteiger partial charge on any atom is 0.257 e. The first kappa shape index (κ1) is 24.0. The topological polar surface area (TPSA) is 76.4 Å². The minimum atomic E-state index is -0.326. The van der Waals surface area contributed by atoms with Crippen LogP contribution in [0.2, 0.25) is 10.0 Å². The average molecular weight is 514 g/mol. The smallest absolute Gasteiger partial charge is 0.257 e. The zero-order valence-corrected chi connectivity index (χ0v) is 20.7. The lowest BCUT2D eigenvalue weighted by atomic mass is 10.2. The number of carbonyl (C=O) groups is 1. The first-order valence-electron chi connectivity index (χ1n) is 10.6. The summed E-state index contributed by atoms with van der Waals surface area (Å²) in [5, 5.41) is 6.62. The van der Waals surface area contributed by atoms with E-state index in [9.17, 15) is 4.79 Å². The van der Waals surface area contributed by atoms with Gasteiger partial charge < -0.3 is 14.5 Å². The van der Waals surface area contributed by atoms with Crippen molar-refractivity contribution in [2.24, 2.45) is 0 Å². The van der Waals surface area contributed by atoms with Crippen LogP contribution in [0, 0.1) is 0 Å². The molecule has 0 aliphatic carbocycles. The van der Waals surface area contributed by atoms with E-state index in [1.165, 1.54) is 0 Å². The minimum Gasteiger partial charge on any atom is -0.491 e. The summed E-state index contributed by atoms with van der Waals surface area (Å²) in [6, 6.07) is 17.5. The van der Waals surface area contributed by atoms with Gasteiger partial charge in [0, 0.05) is 11.3 Å². The quantitative estimate of drug-likeness (QED) is 0.267. The van der Waals surface area contributed by atoms with Crippen LogP contribution in [0.3, 0.4) is 0 Å². The van der Waals surface area contributed by atoms with Crippen LogP contribution in [0.15, 0.2) is 65.1 Å². The summed E-state index contributed by atoms with van der Waals surface area (Å²) in [6.45, 7) is 4.04. The van der Waals surface area contributed by atoms with Gasteiger partial charge in [-0.25, -0.2) is 4.98 Å². The Labute approximate surface area is 212 Å². The number of halogens is 2. The van der Waals surface area contributed by atoms with Crippen molar-refractivity contribution < 1.29 is 13.9 Å². The number of aromatic nitrogens is 1. The molecule has 0 fully saturated rings. The van der Waals surface area contributed by atoms with Gasteiger partial charge in [0.25, 0.3) is 5.91 Å². The molecule has 4 rings (SSSR count). The van der Waals surface area contributed by atoms with Gasteiger partial charge in [0.05, 0.1) is 21.7 Å². The van der Waals surface area contributed by atoms with E-state index in [1.807, 2.05) is 6.92 Å². The Morgan fingerprint density at radius 2 is 1.91 bits per heavy atom. The molecule has 0 spiro atoms. The zero-order valence-electron chi connectivity index (χ0n) is 18.4. The monoisotopic (exact) mass is 513 g/mol. The molecular weight excluding hydrogens is 493 g/mol. The van der Waals surface area contributed by atoms with Gasteiger partial charge in [-0.3, -0.25) is 10.1 Å². The first-order chi connectivity index (χ1) is 16.3. The second-order valence-corrected chi connectivity index (χ2v) is 8.77. The van der Waals surface area contributed by atoms with Crippen molar-refractivity contribution in [1.82, 2.24) is 10.3 Å². The summed E-state index contributed by atoms with van der Waals surface area (Å²) in [5.74, 6) is 0.746. The lowest BCUT2D eigenvalue weighted by molar-refractivity contribution is 0.0977. The molecule has 0 radical (unpaired) electrons. The number of thiocarbonyl (C=S) groups is 1. The van der Waals surface area contributed by atoms with Crippen LogP contribution >= 0.6 is 35.4 Å². The van der Waals surface area contributed by atoms with Crippen LogP contribution in [0.1, 0.15) is 30.6 Å². The molecule has 1 aromatic heterocycles. The number of fused-ring (bicyclic) bond motifs is 1. The number of hydrogen-bond donors (Lipinski definition) is 2. The summed E-state index contributed by atoms with van der Waals surface area (Å²) >= 11 is 17.7. The van der Waals surface area contributed by atoms with E-state index in [2.05, 4.69) is 22.5 Å². The van der Waals surface area contributed by atoms with Crippen molar-refractivity contribution in [1.29, 1.82) is 0 Å². The van der Waals surface area contributed by atoms with Crippen LogP contribution in [0.5, 0.6) is 5.75 Å². The number of anilines is 1. The fourth-order valence-electron chi connectivity index (χ4n) is 3.13. The maximum absolute atomic E-state index is 12.5. The van der Waals surface area contributed by atoms with E-state index >= 15 is 0 Å². The van der Waals surface area contributed by atoms with Gasteiger partial charge in [-0.15, -0.1) is 0 Å². The lowest BCUT2D eigenvalue weighted by Gasteiger charge is -2.13. The predicted octanol–water partition coefficient (Wildman–Crippen LogP) is 7.11. The molecule has 0 aliphatic rings.